The van der Waals surface area contributed by atoms with Gasteiger partial charge in [-0.1, -0.05) is 66.8 Å². The topological polar surface area (TPSA) is 329 Å². The van der Waals surface area contributed by atoms with Gasteiger partial charge in [-0.05, 0) is 134 Å². The molecule has 9 amide bonds. The molecule has 0 bridgehead atoms. The van der Waals surface area contributed by atoms with E-state index in [0.717, 1.165) is 20.9 Å². The summed E-state index contributed by atoms with van der Waals surface area (Å²) in [4.78, 5) is 131. The van der Waals surface area contributed by atoms with E-state index in [9.17, 15) is 48.3 Å². The molecule has 26 nitrogen and oxygen atoms in total. The lowest BCUT2D eigenvalue weighted by Crippen LogP contribution is -2.53. The number of ether oxygens (including phenoxy) is 6. The zero-order valence-electron chi connectivity index (χ0n) is 57.8. The normalized spacial score (nSPS) is 17.7. The molecular formula is C74H92N10O16. The Labute approximate surface area is 582 Å². The summed E-state index contributed by atoms with van der Waals surface area (Å²) in [5.74, 6) is -2.02. The number of rotatable bonds is 34. The summed E-state index contributed by atoms with van der Waals surface area (Å²) >= 11 is 0. The van der Waals surface area contributed by atoms with Crippen LogP contribution in [0.3, 0.4) is 0 Å². The molecule has 9 rings (SSSR count). The Balaban J connectivity index is 0.782. The third-order valence-electron chi connectivity index (χ3n) is 18.1. The fraction of sp³-hybridized carbons (Fsp3) is 0.459. The summed E-state index contributed by atoms with van der Waals surface area (Å²) < 4.78 is 35.8. The van der Waals surface area contributed by atoms with E-state index in [1.54, 1.807) is 47.5 Å². The summed E-state index contributed by atoms with van der Waals surface area (Å²) in [6, 6.07) is 18.9. The van der Waals surface area contributed by atoms with Crippen molar-refractivity contribution in [2.75, 3.05) is 70.4 Å². The summed E-state index contributed by atoms with van der Waals surface area (Å²) in [6.45, 7) is 16.9. The molecule has 26 heteroatoms. The number of imide groups is 1. The number of aliphatic hydroxyl groups is 1. The molecule has 5 aliphatic rings. The third-order valence-corrected chi connectivity index (χ3v) is 18.1. The first-order chi connectivity index (χ1) is 47.8. The van der Waals surface area contributed by atoms with Gasteiger partial charge in [-0.15, -0.1) is 0 Å². The summed E-state index contributed by atoms with van der Waals surface area (Å²) in [5, 5.41) is 23.6. The van der Waals surface area contributed by atoms with Gasteiger partial charge in [0.2, 0.25) is 23.6 Å². The van der Waals surface area contributed by atoms with Gasteiger partial charge in [0.05, 0.1) is 67.6 Å². The predicted molar refractivity (Wildman–Crippen MR) is 373 cm³/mol. The Hall–Kier alpha value is -9.92. The van der Waals surface area contributed by atoms with Gasteiger partial charge in [-0.25, -0.2) is 9.69 Å². The summed E-state index contributed by atoms with van der Waals surface area (Å²) in [7, 11) is 2.95. The van der Waals surface area contributed by atoms with Gasteiger partial charge < -0.3 is 70.3 Å². The van der Waals surface area contributed by atoms with Crippen LogP contribution in [0.2, 0.25) is 0 Å². The molecule has 0 aromatic heterocycles. The quantitative estimate of drug-likeness (QED) is 0.0150. The molecule has 0 saturated carbocycles. The molecule has 0 spiro atoms. The van der Waals surface area contributed by atoms with Crippen molar-refractivity contribution < 1.29 is 76.7 Å². The number of anilines is 2. The maximum absolute atomic E-state index is 14.4. The highest BCUT2D eigenvalue weighted by Crippen LogP contribution is 2.43. The van der Waals surface area contributed by atoms with Crippen LogP contribution in [0.5, 0.6) is 23.0 Å². The average Bonchev–Trinajstić information content (AvgIpc) is 1.54. The Morgan fingerprint density at radius 1 is 0.690 bits per heavy atom. The van der Waals surface area contributed by atoms with Crippen LogP contribution in [0.15, 0.2) is 120 Å². The monoisotopic (exact) mass is 1380 g/mol. The van der Waals surface area contributed by atoms with Gasteiger partial charge in [0.25, 0.3) is 23.6 Å². The average molecular weight is 1380 g/mol. The zero-order valence-corrected chi connectivity index (χ0v) is 57.8. The van der Waals surface area contributed by atoms with Crippen LogP contribution in [-0.2, 0) is 51.3 Å². The van der Waals surface area contributed by atoms with Crippen molar-refractivity contribution in [2.45, 2.75) is 159 Å². The Morgan fingerprint density at radius 2 is 1.34 bits per heavy atom. The number of methoxy groups -OCH3 is 2. The van der Waals surface area contributed by atoms with E-state index < -0.39 is 77.0 Å². The Kier molecular flexibility index (Phi) is 25.1. The molecule has 5 atom stereocenters. The van der Waals surface area contributed by atoms with E-state index in [1.165, 1.54) is 43.4 Å². The highest BCUT2D eigenvalue weighted by Gasteiger charge is 2.47. The first-order valence-electron chi connectivity index (χ1n) is 33.9. The number of aliphatic imine (C=N–C) groups is 1. The molecule has 100 heavy (non-hydrogen) atoms. The molecule has 5 heterocycles. The SMILES string of the molecule is C=C1CC2C=Nc3cc(OCCCCCOc4cc5c(cc4OC)C(=O)N4CC(=C)CC4C(O)N5C(=O)OCc4ccc(NC(=O)C(CCCCN)NC(=O)C(Cc5ccccc5)NC(=O)CCC(C)(C)OCCC(C)(C)NC(=O)CCN5C(=O)C=CC5=O)cc4)c(OC)cc3C(=O)N2C1. The van der Waals surface area contributed by atoms with E-state index in [1.807, 2.05) is 58.0 Å². The van der Waals surface area contributed by atoms with E-state index in [-0.39, 0.29) is 112 Å². The lowest BCUT2D eigenvalue weighted by molar-refractivity contribution is -0.137. The first-order valence-corrected chi connectivity index (χ1v) is 33.9. The summed E-state index contributed by atoms with van der Waals surface area (Å²) in [5.41, 5.74) is 8.75. The lowest BCUT2D eigenvalue weighted by Gasteiger charge is -2.31. The van der Waals surface area contributed by atoms with Crippen molar-refractivity contribution in [2.24, 2.45) is 10.7 Å². The van der Waals surface area contributed by atoms with E-state index in [4.69, 9.17) is 34.2 Å². The molecule has 2 saturated heterocycles. The molecule has 4 aromatic rings. The molecule has 5 aliphatic heterocycles. The zero-order chi connectivity index (χ0) is 71.8. The van der Waals surface area contributed by atoms with Crippen LogP contribution in [0, 0.1) is 0 Å². The number of hydrogen-bond acceptors (Lipinski definition) is 18. The fourth-order valence-electron chi connectivity index (χ4n) is 12.5. The number of hydrogen-bond donors (Lipinski definition) is 6. The van der Waals surface area contributed by atoms with Crippen molar-refractivity contribution in [1.29, 1.82) is 0 Å². The van der Waals surface area contributed by atoms with Crippen LogP contribution < -0.4 is 50.8 Å². The van der Waals surface area contributed by atoms with Gasteiger partial charge in [-0.2, -0.15) is 0 Å². The van der Waals surface area contributed by atoms with Gasteiger partial charge in [-0.3, -0.25) is 48.2 Å². The smallest absolute Gasteiger partial charge is 0.416 e. The second-order valence-corrected chi connectivity index (χ2v) is 26.9. The van der Waals surface area contributed by atoms with Gasteiger partial charge in [0, 0.05) is 87.2 Å². The van der Waals surface area contributed by atoms with E-state index in [0.29, 0.717) is 104 Å². The van der Waals surface area contributed by atoms with Crippen LogP contribution in [0.4, 0.5) is 21.9 Å². The van der Waals surface area contributed by atoms with Crippen molar-refractivity contribution in [3.63, 3.8) is 0 Å². The van der Waals surface area contributed by atoms with Crippen LogP contribution >= 0.6 is 0 Å². The van der Waals surface area contributed by atoms with Crippen molar-refractivity contribution >= 4 is 76.6 Å². The second-order valence-electron chi connectivity index (χ2n) is 26.9. The lowest BCUT2D eigenvalue weighted by atomic mass is 9.99. The number of nitrogens with one attached hydrogen (secondary N) is 4. The van der Waals surface area contributed by atoms with E-state index in [2.05, 4.69) is 39.4 Å². The number of carbonyl (C=O) groups excluding carboxylic acids is 9. The van der Waals surface area contributed by atoms with Crippen molar-refractivity contribution in [1.82, 2.24) is 30.7 Å². The number of carbonyl (C=O) groups is 9. The van der Waals surface area contributed by atoms with Crippen LogP contribution in [0.25, 0.3) is 0 Å². The molecule has 4 aromatic carbocycles. The van der Waals surface area contributed by atoms with Crippen LogP contribution in [0.1, 0.15) is 137 Å². The number of unbranched alkanes of at least 4 members (excludes halogenated alkanes) is 3. The minimum atomic E-state index is -1.55. The number of fused-ring (bicyclic) bond motifs is 4. The van der Waals surface area contributed by atoms with Gasteiger partial charge in [0.15, 0.2) is 29.2 Å². The molecule has 534 valence electrons. The number of nitrogens with two attached hydrogens (primary N) is 1. The fourth-order valence-corrected chi connectivity index (χ4v) is 12.5. The maximum Gasteiger partial charge on any atom is 0.416 e. The minimum absolute atomic E-state index is 0.00149. The molecular weight excluding hydrogens is 1280 g/mol. The minimum Gasteiger partial charge on any atom is -0.493 e. The Morgan fingerprint density at radius 3 is 2.02 bits per heavy atom. The Bertz CT molecular complexity index is 3760. The highest BCUT2D eigenvalue weighted by atomic mass is 16.6. The molecule has 2 fully saturated rings. The molecule has 0 radical (unpaired) electrons. The molecule has 0 aliphatic carbocycles. The van der Waals surface area contributed by atoms with Crippen LogP contribution in [-0.4, -0.2) is 181 Å². The predicted octanol–water partition coefficient (Wildman–Crippen LogP) is 7.52. The van der Waals surface area contributed by atoms with Crippen molar-refractivity contribution in [3.05, 3.63) is 138 Å². The third kappa shape index (κ3) is 19.3. The largest absolute Gasteiger partial charge is 0.493 e. The first kappa shape index (κ1) is 74.3. The highest BCUT2D eigenvalue weighted by molar-refractivity contribution is 6.13. The van der Waals surface area contributed by atoms with Crippen molar-refractivity contribution in [3.8, 4) is 23.0 Å². The second kappa shape index (κ2) is 33.8. The summed E-state index contributed by atoms with van der Waals surface area (Å²) in [6.07, 6.45) is 6.47. The van der Waals surface area contributed by atoms with Gasteiger partial charge >= 0.3 is 6.09 Å². The van der Waals surface area contributed by atoms with E-state index >= 15 is 0 Å². The maximum atomic E-state index is 14.4. The number of benzene rings is 4. The molecule has 7 N–H and O–H groups in total. The number of aliphatic hydroxyl groups excluding tert-OH is 1. The van der Waals surface area contributed by atoms with Gasteiger partial charge in [0.1, 0.15) is 18.7 Å². The number of nitrogens with zero attached hydrogens (tertiary/aromatic N) is 5. The standard InChI is InChI=1S/C74H92N10O16/c1-46-35-51-42-76-55-40-61(59(95-7)38-52(55)69(91)82(51)43-46)97-32-15-10-16-33-98-62-41-57-53(39-60(62)96-8)70(92)83-44-47(2)36-58(83)71(93)84(57)72(94)99-45-49-20-22-50(23-21-49)77-67(89)54(19-13-14-30-75)79-68(90)56(37-48-17-11-9-12-18-48)78-63(85)26-28-74(5,6)100-34-29-73(3,4)80-64(86)27-31-81-65(87)24-25-66(81)88/h9,11-12,17-18,20-25,38-42,51,54,56,58,71,93H,1-2,10,13-16,19,26-37,43-45,75H2,3-8H3,(H,77,89)(H,78,85)(H,79,90)(H,80,86). The number of amides is 9. The molecule has 5 unspecified atom stereocenters.